The van der Waals surface area contributed by atoms with Gasteiger partial charge in [-0.25, -0.2) is 9.59 Å². The Labute approximate surface area is 144 Å². The zero-order valence-electron chi connectivity index (χ0n) is 14.5. The number of nitrogens with zero attached hydrogens (tertiary/aromatic N) is 1. The molecule has 0 saturated heterocycles. The topological polar surface area (TPSA) is 70.7 Å². The van der Waals surface area contributed by atoms with Crippen molar-refractivity contribution < 1.29 is 23.5 Å². The molecule has 6 heteroatoms. The molecule has 0 aliphatic rings. The van der Waals surface area contributed by atoms with Crippen LogP contribution >= 0.6 is 0 Å². The lowest BCUT2D eigenvalue weighted by Crippen LogP contribution is -2.12. The van der Waals surface area contributed by atoms with Gasteiger partial charge in [0.25, 0.3) is 0 Å². The van der Waals surface area contributed by atoms with Crippen LogP contribution in [-0.2, 0) is 11.8 Å². The summed E-state index contributed by atoms with van der Waals surface area (Å²) in [5.74, 6) is -0.544. The predicted octanol–water partition coefficient (Wildman–Crippen LogP) is 3.86. The highest BCUT2D eigenvalue weighted by Crippen LogP contribution is 2.30. The minimum atomic E-state index is -0.594. The molecular formula is C19H19NO5. The average molecular weight is 341 g/mol. The zero-order valence-corrected chi connectivity index (χ0v) is 14.5. The lowest BCUT2D eigenvalue weighted by atomic mass is 10.1. The van der Waals surface area contributed by atoms with E-state index < -0.39 is 11.9 Å². The van der Waals surface area contributed by atoms with E-state index in [0.29, 0.717) is 16.7 Å². The fourth-order valence-electron chi connectivity index (χ4n) is 2.70. The molecule has 0 N–H and O–H groups in total. The minimum Gasteiger partial charge on any atom is -0.459 e. The van der Waals surface area contributed by atoms with Crippen LogP contribution < -0.4 is 4.74 Å². The van der Waals surface area contributed by atoms with Gasteiger partial charge in [0.05, 0.1) is 17.9 Å². The Bertz CT molecular complexity index is 935. The van der Waals surface area contributed by atoms with Crippen molar-refractivity contribution in [3.05, 3.63) is 53.6 Å². The zero-order chi connectivity index (χ0) is 18.1. The lowest BCUT2D eigenvalue weighted by Gasteiger charge is -2.08. The van der Waals surface area contributed by atoms with Crippen LogP contribution in [-0.4, -0.2) is 22.6 Å². The maximum atomic E-state index is 12.5. The maximum Gasteiger partial charge on any atom is 0.379 e. The standard InChI is InChI=1S/C19H19NO5/c1-11(2)24-19(22)17-12(3)20(4)15-8-7-13(10-14(15)17)25-18(21)16-6-5-9-23-16/h5-11H,1-4H3. The number of furan rings is 1. The van der Waals surface area contributed by atoms with Crippen molar-refractivity contribution in [2.24, 2.45) is 7.05 Å². The molecule has 3 aromatic rings. The van der Waals surface area contributed by atoms with E-state index in [4.69, 9.17) is 13.9 Å². The Balaban J connectivity index is 2.01. The molecule has 0 atom stereocenters. The molecule has 2 heterocycles. The summed E-state index contributed by atoms with van der Waals surface area (Å²) in [6.45, 7) is 5.45. The van der Waals surface area contributed by atoms with Crippen LogP contribution in [0.25, 0.3) is 10.9 Å². The average Bonchev–Trinajstić information content (AvgIpc) is 3.15. The molecule has 0 fully saturated rings. The lowest BCUT2D eigenvalue weighted by molar-refractivity contribution is 0.0379. The van der Waals surface area contributed by atoms with Crippen LogP contribution in [0.3, 0.4) is 0 Å². The fraction of sp³-hybridized carbons (Fsp3) is 0.263. The second-order valence-corrected chi connectivity index (χ2v) is 6.02. The monoisotopic (exact) mass is 341 g/mol. The second kappa shape index (κ2) is 6.47. The molecule has 0 aliphatic carbocycles. The summed E-state index contributed by atoms with van der Waals surface area (Å²) in [7, 11) is 1.87. The molecule has 6 nitrogen and oxygen atoms in total. The quantitative estimate of drug-likeness (QED) is 0.532. The molecule has 0 saturated carbocycles. The molecule has 0 spiro atoms. The van der Waals surface area contributed by atoms with Gasteiger partial charge in [-0.1, -0.05) is 0 Å². The molecule has 0 radical (unpaired) electrons. The number of aromatic nitrogens is 1. The number of ether oxygens (including phenoxy) is 2. The van der Waals surface area contributed by atoms with E-state index in [1.165, 1.54) is 12.3 Å². The first-order valence-electron chi connectivity index (χ1n) is 7.94. The van der Waals surface area contributed by atoms with Gasteiger partial charge in [0, 0.05) is 23.6 Å². The van der Waals surface area contributed by atoms with Crippen LogP contribution in [0.1, 0.15) is 40.5 Å². The highest BCUT2D eigenvalue weighted by Gasteiger charge is 2.22. The number of aryl methyl sites for hydroxylation is 1. The number of rotatable bonds is 4. The molecule has 130 valence electrons. The van der Waals surface area contributed by atoms with Crippen molar-refractivity contribution in [2.75, 3.05) is 0 Å². The fourth-order valence-corrected chi connectivity index (χ4v) is 2.70. The normalized spacial score (nSPS) is 11.1. The molecule has 1 aromatic carbocycles. The first-order chi connectivity index (χ1) is 11.9. The summed E-state index contributed by atoms with van der Waals surface area (Å²) in [6, 6.07) is 8.29. The van der Waals surface area contributed by atoms with Crippen molar-refractivity contribution in [2.45, 2.75) is 26.9 Å². The summed E-state index contributed by atoms with van der Waals surface area (Å²) < 4.78 is 17.6. The Morgan fingerprint density at radius 3 is 2.56 bits per heavy atom. The van der Waals surface area contributed by atoms with E-state index in [2.05, 4.69) is 0 Å². The van der Waals surface area contributed by atoms with Crippen molar-refractivity contribution in [1.82, 2.24) is 4.57 Å². The number of hydrogen-bond donors (Lipinski definition) is 0. The SMILES string of the molecule is Cc1c(C(=O)OC(C)C)c2cc(OC(=O)c3ccco3)ccc2n1C. The molecular weight excluding hydrogens is 322 g/mol. The van der Waals surface area contributed by atoms with Crippen LogP contribution in [0.5, 0.6) is 5.75 Å². The first kappa shape index (κ1) is 16.8. The minimum absolute atomic E-state index is 0.115. The highest BCUT2D eigenvalue weighted by atomic mass is 16.5. The number of carbonyl (C=O) groups excluding carboxylic acids is 2. The van der Waals surface area contributed by atoms with Gasteiger partial charge >= 0.3 is 11.9 Å². The van der Waals surface area contributed by atoms with Gasteiger partial charge in [-0.15, -0.1) is 0 Å². The molecule has 0 bridgehead atoms. The van der Waals surface area contributed by atoms with E-state index in [1.807, 2.05) is 18.5 Å². The van der Waals surface area contributed by atoms with Gasteiger partial charge in [0.2, 0.25) is 5.76 Å². The van der Waals surface area contributed by atoms with Crippen molar-refractivity contribution >= 4 is 22.8 Å². The van der Waals surface area contributed by atoms with Gasteiger partial charge in [0.1, 0.15) is 5.75 Å². The van der Waals surface area contributed by atoms with E-state index in [0.717, 1.165) is 11.2 Å². The summed E-state index contributed by atoms with van der Waals surface area (Å²) >= 11 is 0. The van der Waals surface area contributed by atoms with Gasteiger partial charge in [-0.2, -0.15) is 0 Å². The van der Waals surface area contributed by atoms with E-state index in [1.54, 1.807) is 38.1 Å². The molecule has 0 unspecified atom stereocenters. The Morgan fingerprint density at radius 1 is 1.16 bits per heavy atom. The summed E-state index contributed by atoms with van der Waals surface area (Å²) in [4.78, 5) is 24.5. The molecule has 2 aromatic heterocycles. The third-order valence-electron chi connectivity index (χ3n) is 3.94. The number of benzene rings is 1. The summed E-state index contributed by atoms with van der Waals surface area (Å²) in [5, 5.41) is 0.676. The predicted molar refractivity (Wildman–Crippen MR) is 91.9 cm³/mol. The third kappa shape index (κ3) is 3.15. The van der Waals surface area contributed by atoms with Gasteiger partial charge in [0.15, 0.2) is 0 Å². The van der Waals surface area contributed by atoms with Gasteiger partial charge in [-0.05, 0) is 51.1 Å². The Hall–Kier alpha value is -3.02. The maximum absolute atomic E-state index is 12.5. The number of fused-ring (bicyclic) bond motifs is 1. The van der Waals surface area contributed by atoms with Crippen LogP contribution in [0, 0.1) is 6.92 Å². The molecule has 0 aliphatic heterocycles. The Kier molecular flexibility index (Phi) is 4.35. The van der Waals surface area contributed by atoms with Gasteiger partial charge in [-0.3, -0.25) is 0 Å². The first-order valence-corrected chi connectivity index (χ1v) is 7.94. The van der Waals surface area contributed by atoms with Crippen LogP contribution in [0.4, 0.5) is 0 Å². The largest absolute Gasteiger partial charge is 0.459 e. The summed E-state index contributed by atoms with van der Waals surface area (Å²) in [6.07, 6.45) is 1.18. The van der Waals surface area contributed by atoms with Gasteiger partial charge < -0.3 is 18.5 Å². The Morgan fingerprint density at radius 2 is 1.92 bits per heavy atom. The van der Waals surface area contributed by atoms with Crippen molar-refractivity contribution in [1.29, 1.82) is 0 Å². The number of hydrogen-bond acceptors (Lipinski definition) is 5. The van der Waals surface area contributed by atoms with Crippen LogP contribution in [0.2, 0.25) is 0 Å². The number of esters is 2. The van der Waals surface area contributed by atoms with Crippen LogP contribution in [0.15, 0.2) is 41.0 Å². The smallest absolute Gasteiger partial charge is 0.379 e. The highest BCUT2D eigenvalue weighted by molar-refractivity contribution is 6.06. The third-order valence-corrected chi connectivity index (χ3v) is 3.94. The second-order valence-electron chi connectivity index (χ2n) is 6.02. The van der Waals surface area contributed by atoms with Crippen molar-refractivity contribution in [3.8, 4) is 5.75 Å². The summed E-state index contributed by atoms with van der Waals surface area (Å²) in [5.41, 5.74) is 2.11. The molecule has 0 amide bonds. The van der Waals surface area contributed by atoms with E-state index in [9.17, 15) is 9.59 Å². The number of carbonyl (C=O) groups is 2. The molecule has 3 rings (SSSR count). The van der Waals surface area contributed by atoms with E-state index in [-0.39, 0.29) is 11.9 Å². The van der Waals surface area contributed by atoms with Crippen molar-refractivity contribution in [3.63, 3.8) is 0 Å². The molecule has 25 heavy (non-hydrogen) atoms. The van der Waals surface area contributed by atoms with E-state index >= 15 is 0 Å².